The summed E-state index contributed by atoms with van der Waals surface area (Å²) in [5.74, 6) is 1.27. The number of hydrogen-bond donors (Lipinski definition) is 1. The van der Waals surface area contributed by atoms with Crippen LogP contribution in [0.5, 0.6) is 0 Å². The Balaban J connectivity index is 2.13. The zero-order chi connectivity index (χ0) is 6.27. The van der Waals surface area contributed by atoms with Crippen molar-refractivity contribution in [3.8, 4) is 0 Å². The van der Waals surface area contributed by atoms with Crippen LogP contribution in [0.2, 0.25) is 0 Å². The Hall–Kier alpha value is -0.790. The molecule has 0 aromatic rings. The van der Waals surface area contributed by atoms with Crippen LogP contribution in [0, 0.1) is 11.8 Å². The highest BCUT2D eigenvalue weighted by atomic mass is 16.4. The molecule has 2 atom stereocenters. The maximum Gasteiger partial charge on any atom is 0.0616 e. The van der Waals surface area contributed by atoms with Crippen molar-refractivity contribution in [2.45, 2.75) is 12.8 Å². The van der Waals surface area contributed by atoms with E-state index < -0.39 is 0 Å². The molecule has 2 aliphatic carbocycles. The van der Waals surface area contributed by atoms with Gasteiger partial charge < -0.3 is 5.21 Å². The van der Waals surface area contributed by atoms with Crippen molar-refractivity contribution < 1.29 is 5.21 Å². The molecule has 0 bridgehead atoms. The molecule has 2 rings (SSSR count). The first-order valence-electron chi connectivity index (χ1n) is 3.29. The average Bonchev–Trinajstić information content (AvgIpc) is 2.14. The summed E-state index contributed by atoms with van der Waals surface area (Å²) in [4.78, 5) is 0. The molecule has 2 unspecified atom stereocenters. The molecule has 2 heteroatoms. The third-order valence-corrected chi connectivity index (χ3v) is 2.29. The zero-order valence-corrected chi connectivity index (χ0v) is 5.12. The minimum atomic E-state index is 0.565. The van der Waals surface area contributed by atoms with E-state index in [9.17, 15) is 0 Å². The fourth-order valence-corrected chi connectivity index (χ4v) is 1.65. The topological polar surface area (TPSA) is 32.6 Å². The summed E-state index contributed by atoms with van der Waals surface area (Å²) in [5, 5.41) is 11.6. The van der Waals surface area contributed by atoms with Crippen LogP contribution in [0.25, 0.3) is 0 Å². The minimum Gasteiger partial charge on any atom is -0.411 e. The van der Waals surface area contributed by atoms with Crippen molar-refractivity contribution in [1.29, 1.82) is 0 Å². The quantitative estimate of drug-likeness (QED) is 0.295. The van der Waals surface area contributed by atoms with Crippen LogP contribution in [0.3, 0.4) is 0 Å². The van der Waals surface area contributed by atoms with E-state index in [1.807, 2.05) is 0 Å². The average molecular weight is 123 g/mol. The highest BCUT2D eigenvalue weighted by molar-refractivity contribution is 5.93. The van der Waals surface area contributed by atoms with Crippen LogP contribution in [0.4, 0.5) is 0 Å². The van der Waals surface area contributed by atoms with E-state index in [4.69, 9.17) is 5.21 Å². The van der Waals surface area contributed by atoms with Gasteiger partial charge in [-0.05, 0) is 18.8 Å². The number of rotatable bonds is 0. The highest BCUT2D eigenvalue weighted by Crippen LogP contribution is 2.39. The lowest BCUT2D eigenvalue weighted by Crippen LogP contribution is -2.32. The fraction of sp³-hybridized carbons (Fsp3) is 0.571. The summed E-state index contributed by atoms with van der Waals surface area (Å²) in [7, 11) is 0. The van der Waals surface area contributed by atoms with Crippen molar-refractivity contribution in [2.24, 2.45) is 17.0 Å². The third kappa shape index (κ3) is 0.530. The molecule has 0 aromatic carbocycles. The maximum atomic E-state index is 8.39. The smallest absolute Gasteiger partial charge is 0.0616 e. The van der Waals surface area contributed by atoms with Crippen molar-refractivity contribution in [1.82, 2.24) is 0 Å². The second-order valence-corrected chi connectivity index (χ2v) is 2.73. The first kappa shape index (κ1) is 5.03. The summed E-state index contributed by atoms with van der Waals surface area (Å²) in [6.07, 6.45) is 6.47. The summed E-state index contributed by atoms with van der Waals surface area (Å²) < 4.78 is 0. The van der Waals surface area contributed by atoms with Crippen molar-refractivity contribution in [2.75, 3.05) is 0 Å². The van der Waals surface area contributed by atoms with Gasteiger partial charge in [-0.25, -0.2) is 0 Å². The number of nitrogens with zero attached hydrogens (tertiary/aromatic N) is 1. The SMILES string of the molecule is ON=C1CC2C=CCC12. The molecule has 0 spiro atoms. The van der Waals surface area contributed by atoms with Gasteiger partial charge in [0.1, 0.15) is 0 Å². The second-order valence-electron chi connectivity index (χ2n) is 2.73. The molecule has 1 saturated carbocycles. The standard InChI is InChI=1S/C7H9NO/c9-8-7-4-5-2-1-3-6(5)7/h1-2,5-6,9H,3-4H2. The molecule has 0 aromatic heterocycles. The number of allylic oxidation sites excluding steroid dienone is 2. The monoisotopic (exact) mass is 123 g/mol. The van der Waals surface area contributed by atoms with Gasteiger partial charge >= 0.3 is 0 Å². The Kier molecular flexibility index (Phi) is 0.891. The Labute approximate surface area is 53.9 Å². The van der Waals surface area contributed by atoms with Gasteiger partial charge in [-0.1, -0.05) is 17.3 Å². The zero-order valence-electron chi connectivity index (χ0n) is 5.12. The Morgan fingerprint density at radius 3 is 3.22 bits per heavy atom. The van der Waals surface area contributed by atoms with Gasteiger partial charge in [0, 0.05) is 5.92 Å². The lowest BCUT2D eigenvalue weighted by Gasteiger charge is -2.30. The van der Waals surface area contributed by atoms with Gasteiger partial charge in [0.2, 0.25) is 0 Å². The molecule has 0 amide bonds. The third-order valence-electron chi connectivity index (χ3n) is 2.29. The molecule has 0 saturated heterocycles. The molecular formula is C7H9NO. The Morgan fingerprint density at radius 1 is 1.67 bits per heavy atom. The lowest BCUT2D eigenvalue weighted by molar-refractivity contribution is 0.298. The van der Waals surface area contributed by atoms with E-state index in [1.54, 1.807) is 0 Å². The van der Waals surface area contributed by atoms with Crippen LogP contribution in [0.15, 0.2) is 17.3 Å². The van der Waals surface area contributed by atoms with Crippen molar-refractivity contribution in [3.05, 3.63) is 12.2 Å². The first-order chi connectivity index (χ1) is 4.42. The second kappa shape index (κ2) is 1.59. The number of hydrogen-bond acceptors (Lipinski definition) is 2. The summed E-state index contributed by atoms with van der Waals surface area (Å²) in [6, 6.07) is 0. The Bertz CT molecular complexity index is 183. The van der Waals surface area contributed by atoms with E-state index in [-0.39, 0.29) is 0 Å². The normalized spacial score (nSPS) is 42.9. The molecule has 0 radical (unpaired) electrons. The van der Waals surface area contributed by atoms with Crippen LogP contribution in [0.1, 0.15) is 12.8 Å². The fourth-order valence-electron chi connectivity index (χ4n) is 1.65. The van der Waals surface area contributed by atoms with Crippen LogP contribution < -0.4 is 0 Å². The molecule has 1 fully saturated rings. The molecule has 1 N–H and O–H groups in total. The van der Waals surface area contributed by atoms with Gasteiger partial charge in [-0.2, -0.15) is 0 Å². The van der Waals surface area contributed by atoms with Crippen LogP contribution in [-0.2, 0) is 0 Å². The first-order valence-corrected chi connectivity index (χ1v) is 3.29. The van der Waals surface area contributed by atoms with Gasteiger partial charge in [0.25, 0.3) is 0 Å². The molecule has 2 nitrogen and oxygen atoms in total. The predicted octanol–water partition coefficient (Wildman–Crippen LogP) is 1.41. The Morgan fingerprint density at radius 2 is 2.56 bits per heavy atom. The maximum absolute atomic E-state index is 8.39. The molecule has 2 aliphatic rings. The van der Waals surface area contributed by atoms with Crippen LogP contribution in [-0.4, -0.2) is 10.9 Å². The van der Waals surface area contributed by atoms with E-state index >= 15 is 0 Å². The lowest BCUT2D eigenvalue weighted by atomic mass is 9.74. The van der Waals surface area contributed by atoms with Crippen molar-refractivity contribution >= 4 is 5.71 Å². The van der Waals surface area contributed by atoms with E-state index in [2.05, 4.69) is 17.3 Å². The van der Waals surface area contributed by atoms with E-state index in [1.165, 1.54) is 0 Å². The summed E-state index contributed by atoms with van der Waals surface area (Å²) in [6.45, 7) is 0. The van der Waals surface area contributed by atoms with Gasteiger partial charge in [0.05, 0.1) is 5.71 Å². The van der Waals surface area contributed by atoms with Gasteiger partial charge in [-0.15, -0.1) is 0 Å². The predicted molar refractivity (Wildman–Crippen MR) is 34.6 cm³/mol. The molecular weight excluding hydrogens is 114 g/mol. The summed E-state index contributed by atoms with van der Waals surface area (Å²) in [5.41, 5.74) is 0.991. The largest absolute Gasteiger partial charge is 0.411 e. The number of fused-ring (bicyclic) bond motifs is 1. The van der Waals surface area contributed by atoms with E-state index in [0.717, 1.165) is 18.6 Å². The van der Waals surface area contributed by atoms with Crippen molar-refractivity contribution in [3.63, 3.8) is 0 Å². The van der Waals surface area contributed by atoms with Gasteiger partial charge in [-0.3, -0.25) is 0 Å². The minimum absolute atomic E-state index is 0.565. The van der Waals surface area contributed by atoms with Crippen LogP contribution >= 0.6 is 0 Å². The molecule has 0 aliphatic heterocycles. The summed E-state index contributed by atoms with van der Waals surface area (Å²) >= 11 is 0. The molecule has 48 valence electrons. The molecule has 9 heavy (non-hydrogen) atoms. The van der Waals surface area contributed by atoms with E-state index in [0.29, 0.717) is 11.8 Å². The number of oxime groups is 1. The highest BCUT2D eigenvalue weighted by Gasteiger charge is 2.38. The molecule has 0 heterocycles. The van der Waals surface area contributed by atoms with Gasteiger partial charge in [0.15, 0.2) is 0 Å².